The van der Waals surface area contributed by atoms with Crippen molar-refractivity contribution in [2.24, 2.45) is 5.92 Å². The molecule has 164 valence electrons. The maximum absolute atomic E-state index is 12.2. The number of benzene rings is 1. The first-order valence-corrected chi connectivity index (χ1v) is 10.2. The molecule has 0 radical (unpaired) electrons. The van der Waals surface area contributed by atoms with Crippen molar-refractivity contribution in [1.82, 2.24) is 0 Å². The van der Waals surface area contributed by atoms with Crippen LogP contribution in [0.5, 0.6) is 11.5 Å². The Bertz CT molecular complexity index is 944. The van der Waals surface area contributed by atoms with Crippen LogP contribution in [0.1, 0.15) is 48.5 Å². The molecule has 0 amide bonds. The summed E-state index contributed by atoms with van der Waals surface area (Å²) in [5, 5.41) is 43.7. The summed E-state index contributed by atoms with van der Waals surface area (Å²) in [4.78, 5) is 12.1. The van der Waals surface area contributed by atoms with Crippen LogP contribution in [0.2, 0.25) is 0 Å². The van der Waals surface area contributed by atoms with Crippen molar-refractivity contribution in [3.05, 3.63) is 23.3 Å². The molecule has 5 aliphatic rings. The molecule has 1 unspecified atom stereocenters. The highest BCUT2D eigenvalue weighted by molar-refractivity contribution is 5.82. The predicted molar refractivity (Wildman–Crippen MR) is 110 cm³/mol. The molecule has 2 aliphatic heterocycles. The van der Waals surface area contributed by atoms with E-state index in [1.807, 2.05) is 6.07 Å². The maximum Gasteiger partial charge on any atom is 0.339 e. The van der Waals surface area contributed by atoms with Gasteiger partial charge in [0.1, 0.15) is 11.6 Å². The van der Waals surface area contributed by atoms with Gasteiger partial charge < -0.3 is 29.6 Å². The molecule has 2 heterocycles. The van der Waals surface area contributed by atoms with Crippen LogP contribution in [0.4, 0.5) is 0 Å². The molecule has 1 spiro atoms. The smallest absolute Gasteiger partial charge is 0.339 e. The van der Waals surface area contributed by atoms with Gasteiger partial charge in [0.25, 0.3) is 0 Å². The lowest BCUT2D eigenvalue weighted by Gasteiger charge is -2.60. The first-order chi connectivity index (χ1) is 13.2. The lowest BCUT2D eigenvalue weighted by atomic mass is 9.55. The van der Waals surface area contributed by atoms with E-state index in [0.29, 0.717) is 23.2 Å². The summed E-state index contributed by atoms with van der Waals surface area (Å²) in [6.45, 7) is 1.77. The number of ether oxygens (including phenoxy) is 1. The van der Waals surface area contributed by atoms with Crippen LogP contribution in [0, 0.1) is 5.92 Å². The number of rotatable bonds is 3. The third-order valence-corrected chi connectivity index (χ3v) is 8.57. The molecule has 2 saturated carbocycles. The molecule has 0 aromatic heterocycles. The van der Waals surface area contributed by atoms with Gasteiger partial charge in [-0.05, 0) is 24.5 Å². The first-order valence-electron chi connectivity index (χ1n) is 10.2. The highest BCUT2D eigenvalue weighted by Gasteiger charge is 2.84. The first kappa shape index (κ1) is 19.2. The number of aliphatic carboxylic acids is 1. The number of carbonyl (C=O) groups is 1. The quantitative estimate of drug-likeness (QED) is 0.567. The van der Waals surface area contributed by atoms with Gasteiger partial charge in [-0.3, -0.25) is 0 Å². The molecule has 1 aromatic carbocycles. The fraction of sp³-hybridized carbons (Fsp3) is 0.682. The molecule has 6 atom stereocenters. The predicted octanol–water partition coefficient (Wildman–Crippen LogP) is 1.90. The molecule has 3 aliphatic carbocycles. The molecule has 1 saturated heterocycles. The van der Waals surface area contributed by atoms with Crippen molar-refractivity contribution >= 4 is 5.97 Å². The van der Waals surface area contributed by atoms with Crippen LogP contribution in [0.15, 0.2) is 12.1 Å². The van der Waals surface area contributed by atoms with Gasteiger partial charge in [0.15, 0.2) is 17.6 Å². The van der Waals surface area contributed by atoms with Crippen LogP contribution in [-0.4, -0.2) is 74.4 Å². The van der Waals surface area contributed by atoms with E-state index in [-0.39, 0.29) is 35.7 Å². The lowest BCUT2D eigenvalue weighted by Crippen LogP contribution is -2.76. The second kappa shape index (κ2) is 5.25. The number of carboxylic acids is 1. The van der Waals surface area contributed by atoms with Crippen molar-refractivity contribution in [1.29, 1.82) is 0 Å². The molecule has 7 heteroatoms. The van der Waals surface area contributed by atoms with Gasteiger partial charge in [-0.25, -0.2) is 4.79 Å². The summed E-state index contributed by atoms with van der Waals surface area (Å²) >= 11 is 0. The number of hydrogen-bond acceptors (Lipinski definition) is 5. The van der Waals surface area contributed by atoms with E-state index in [9.17, 15) is 25.2 Å². The normalized spacial score (nSPS) is 45.9. The number of phenolic OH excluding ortho intramolecular Hbond substituents is 1. The van der Waals surface area contributed by atoms with E-state index < -0.39 is 28.7 Å². The zero-order chi connectivity index (χ0) is 19.7. The van der Waals surface area contributed by atoms with Crippen molar-refractivity contribution in [2.45, 2.75) is 68.3 Å². The molecular weight excluding hydrogens is 374 g/mol. The SMILES string of the molecule is C.C[N+]1(CC2CC2)CC[C@]23c4c5ccc(O)c4O[C@H]2[C@](O)(C(=O)O)C[C@@]3(O)[C@H]1C5.[HH].[HH].[HH]. The minimum atomic E-state index is -2.19. The second-order valence-corrected chi connectivity index (χ2v) is 10.0. The van der Waals surface area contributed by atoms with Gasteiger partial charge in [-0.15, -0.1) is 0 Å². The summed E-state index contributed by atoms with van der Waals surface area (Å²) in [5.41, 5.74) is -2.84. The van der Waals surface area contributed by atoms with Gasteiger partial charge in [0.2, 0.25) is 5.60 Å². The van der Waals surface area contributed by atoms with E-state index in [4.69, 9.17) is 4.74 Å². The Labute approximate surface area is 174 Å². The minimum absolute atomic E-state index is 0. The number of quaternary nitrogens is 1. The number of aromatic hydroxyl groups is 1. The van der Waals surface area contributed by atoms with E-state index in [1.165, 1.54) is 12.8 Å². The Balaban J connectivity index is 0.000000907. The Morgan fingerprint density at radius 3 is 2.72 bits per heavy atom. The van der Waals surface area contributed by atoms with Crippen LogP contribution >= 0.6 is 0 Å². The van der Waals surface area contributed by atoms with Crippen molar-refractivity contribution < 1.29 is 38.7 Å². The van der Waals surface area contributed by atoms with E-state index in [0.717, 1.165) is 24.2 Å². The van der Waals surface area contributed by atoms with Gasteiger partial charge in [-0.2, -0.15) is 0 Å². The molecule has 4 N–H and O–H groups in total. The molecule has 1 aromatic rings. The Morgan fingerprint density at radius 2 is 2.07 bits per heavy atom. The fourth-order valence-electron chi connectivity index (χ4n) is 7.24. The van der Waals surface area contributed by atoms with Crippen LogP contribution in [-0.2, 0) is 16.6 Å². The summed E-state index contributed by atoms with van der Waals surface area (Å²) in [6, 6.07) is 3.25. The molecule has 29 heavy (non-hydrogen) atoms. The largest absolute Gasteiger partial charge is 0.504 e. The van der Waals surface area contributed by atoms with Gasteiger partial charge in [0.05, 0.1) is 25.6 Å². The van der Waals surface area contributed by atoms with E-state index in [1.54, 1.807) is 6.07 Å². The number of likely N-dealkylation sites (tertiary alicyclic amines) is 1. The molecule has 6 rings (SSSR count). The highest BCUT2D eigenvalue weighted by atomic mass is 16.5. The van der Waals surface area contributed by atoms with Crippen LogP contribution in [0.25, 0.3) is 0 Å². The number of piperidine rings is 1. The fourth-order valence-corrected chi connectivity index (χ4v) is 7.24. The lowest BCUT2D eigenvalue weighted by molar-refractivity contribution is -0.950. The number of aliphatic hydroxyl groups is 2. The average molecular weight is 411 g/mol. The topological polar surface area (TPSA) is 107 Å². The number of phenols is 1. The van der Waals surface area contributed by atoms with Crippen molar-refractivity contribution in [3.8, 4) is 11.5 Å². The molecule has 2 bridgehead atoms. The van der Waals surface area contributed by atoms with E-state index >= 15 is 0 Å². The monoisotopic (exact) mass is 410 g/mol. The molecule has 7 nitrogen and oxygen atoms in total. The van der Waals surface area contributed by atoms with Crippen molar-refractivity contribution in [2.75, 3.05) is 20.1 Å². The van der Waals surface area contributed by atoms with Crippen molar-refractivity contribution in [3.63, 3.8) is 0 Å². The van der Waals surface area contributed by atoms with Gasteiger partial charge in [-0.1, -0.05) is 13.5 Å². The maximum atomic E-state index is 12.2. The second-order valence-electron chi connectivity index (χ2n) is 10.0. The van der Waals surface area contributed by atoms with Gasteiger partial charge in [0, 0.05) is 35.0 Å². The Hall–Kier alpha value is -1.83. The zero-order valence-corrected chi connectivity index (χ0v) is 15.9. The van der Waals surface area contributed by atoms with Gasteiger partial charge >= 0.3 is 5.97 Å². The summed E-state index contributed by atoms with van der Waals surface area (Å²) in [7, 11) is 2.17. The Morgan fingerprint density at radius 1 is 1.34 bits per heavy atom. The third-order valence-electron chi connectivity index (χ3n) is 8.57. The Kier molecular flexibility index (Phi) is 3.47. The summed E-state index contributed by atoms with van der Waals surface area (Å²) in [6.07, 6.45) is 2.22. The molecule has 3 fully saturated rings. The van der Waals surface area contributed by atoms with Crippen LogP contribution in [0.3, 0.4) is 0 Å². The standard InChI is InChI=1S/C21H25NO6.CH4.3H2/c1-22(9-11-2-3-11)7-6-19-15-12-4-5-13(23)16(15)28-17(19)20(26,18(24)25)10-21(19,27)14(22)8-12;;;;/h4-5,11,14,17,26-27H,2-3,6-10H2,1H3,(H-,23,24,25);1H4;3*1H/p+1/t14-,17-,19+,20+,21-,22?;;;;/m1..../s1. The summed E-state index contributed by atoms with van der Waals surface area (Å²) < 4.78 is 6.68. The third kappa shape index (κ3) is 1.92. The average Bonchev–Trinajstić information content (AvgIpc) is 3.29. The summed E-state index contributed by atoms with van der Waals surface area (Å²) in [5.74, 6) is -0.519. The minimum Gasteiger partial charge on any atom is -0.504 e. The number of hydrogen-bond donors (Lipinski definition) is 4. The highest BCUT2D eigenvalue weighted by Crippen LogP contribution is 2.70. The molecular formula is C22H36NO6+. The zero-order valence-electron chi connectivity index (χ0n) is 15.9. The van der Waals surface area contributed by atoms with E-state index in [2.05, 4.69) is 7.05 Å². The number of carboxylic acid groups (broad SMARTS) is 1. The number of likely N-dealkylation sites (N-methyl/N-ethyl adjacent to an activating group) is 1. The number of nitrogens with zero attached hydrogens (tertiary/aromatic N) is 1. The van der Waals surface area contributed by atoms with Crippen LogP contribution < -0.4 is 4.74 Å².